The van der Waals surface area contributed by atoms with Crippen LogP contribution < -0.4 is 10.5 Å². The van der Waals surface area contributed by atoms with Crippen LogP contribution in [-0.4, -0.2) is 22.3 Å². The highest BCUT2D eigenvalue weighted by molar-refractivity contribution is 7.98. The SMILES string of the molecule is CSc1ccc(Oc2ccc(C(N)=NO)cn2)cc1. The summed E-state index contributed by atoms with van der Waals surface area (Å²) < 4.78 is 5.58. The molecule has 0 aliphatic rings. The fourth-order valence-electron chi connectivity index (χ4n) is 1.41. The second-order valence-electron chi connectivity index (χ2n) is 3.65. The zero-order chi connectivity index (χ0) is 13.7. The minimum absolute atomic E-state index is 0.0170. The van der Waals surface area contributed by atoms with Crippen LogP contribution in [0.3, 0.4) is 0 Å². The molecular formula is C13H13N3O2S. The first-order valence-corrected chi connectivity index (χ1v) is 6.71. The molecule has 1 heterocycles. The number of hydrogen-bond donors (Lipinski definition) is 2. The zero-order valence-corrected chi connectivity index (χ0v) is 11.1. The fourth-order valence-corrected chi connectivity index (χ4v) is 1.82. The van der Waals surface area contributed by atoms with E-state index in [1.807, 2.05) is 30.5 Å². The summed E-state index contributed by atoms with van der Waals surface area (Å²) in [7, 11) is 0. The van der Waals surface area contributed by atoms with Gasteiger partial charge in [-0.15, -0.1) is 11.8 Å². The maximum absolute atomic E-state index is 8.54. The number of thioether (sulfide) groups is 1. The van der Waals surface area contributed by atoms with E-state index in [1.54, 1.807) is 23.9 Å². The van der Waals surface area contributed by atoms with Crippen molar-refractivity contribution in [3.8, 4) is 11.6 Å². The molecule has 19 heavy (non-hydrogen) atoms. The zero-order valence-electron chi connectivity index (χ0n) is 10.3. The molecular weight excluding hydrogens is 262 g/mol. The normalized spacial score (nSPS) is 11.3. The lowest BCUT2D eigenvalue weighted by molar-refractivity contribution is 0.318. The number of benzene rings is 1. The molecule has 0 atom stereocenters. The second kappa shape index (κ2) is 6.10. The predicted octanol–water partition coefficient (Wildman–Crippen LogP) is 2.69. The van der Waals surface area contributed by atoms with Crippen molar-refractivity contribution in [2.75, 3.05) is 6.26 Å². The fraction of sp³-hybridized carbons (Fsp3) is 0.0769. The van der Waals surface area contributed by atoms with E-state index in [-0.39, 0.29) is 5.84 Å². The van der Waals surface area contributed by atoms with Gasteiger partial charge in [0.2, 0.25) is 5.88 Å². The van der Waals surface area contributed by atoms with Crippen molar-refractivity contribution in [2.45, 2.75) is 4.90 Å². The van der Waals surface area contributed by atoms with Gasteiger partial charge in [-0.05, 0) is 36.6 Å². The first-order chi connectivity index (χ1) is 9.22. The van der Waals surface area contributed by atoms with Crippen LogP contribution in [0.25, 0.3) is 0 Å². The molecule has 0 saturated heterocycles. The molecule has 0 radical (unpaired) electrons. The standard InChI is InChI=1S/C13H13N3O2S/c1-19-11-5-3-10(4-6-11)18-12-7-2-9(8-15-12)13(14)16-17/h2-8,17H,1H3,(H2,14,16). The Bertz CT molecular complexity index is 567. The Morgan fingerprint density at radius 1 is 1.26 bits per heavy atom. The monoisotopic (exact) mass is 275 g/mol. The second-order valence-corrected chi connectivity index (χ2v) is 4.53. The van der Waals surface area contributed by atoms with Crippen molar-refractivity contribution < 1.29 is 9.94 Å². The van der Waals surface area contributed by atoms with Crippen molar-refractivity contribution in [3.63, 3.8) is 0 Å². The van der Waals surface area contributed by atoms with Gasteiger partial charge in [0.15, 0.2) is 5.84 Å². The van der Waals surface area contributed by atoms with Gasteiger partial charge in [0.05, 0.1) is 0 Å². The molecule has 0 unspecified atom stereocenters. The summed E-state index contributed by atoms with van der Waals surface area (Å²) in [6.45, 7) is 0. The number of pyridine rings is 1. The Morgan fingerprint density at radius 2 is 2.00 bits per heavy atom. The van der Waals surface area contributed by atoms with E-state index in [4.69, 9.17) is 15.7 Å². The summed E-state index contributed by atoms with van der Waals surface area (Å²) in [5, 5.41) is 11.4. The van der Waals surface area contributed by atoms with Gasteiger partial charge in [0.1, 0.15) is 5.75 Å². The average molecular weight is 275 g/mol. The molecule has 6 heteroatoms. The van der Waals surface area contributed by atoms with Gasteiger partial charge < -0.3 is 15.7 Å². The lowest BCUT2D eigenvalue weighted by atomic mass is 10.3. The van der Waals surface area contributed by atoms with Crippen LogP contribution in [0.1, 0.15) is 5.56 Å². The van der Waals surface area contributed by atoms with Crippen LogP contribution in [0.15, 0.2) is 52.6 Å². The van der Waals surface area contributed by atoms with Crippen LogP contribution in [0.5, 0.6) is 11.6 Å². The van der Waals surface area contributed by atoms with Crippen LogP contribution in [0, 0.1) is 0 Å². The van der Waals surface area contributed by atoms with Gasteiger partial charge in [-0.2, -0.15) is 0 Å². The summed E-state index contributed by atoms with van der Waals surface area (Å²) in [6.07, 6.45) is 3.50. The molecule has 0 amide bonds. The maximum atomic E-state index is 8.54. The number of oxime groups is 1. The number of nitrogens with two attached hydrogens (primary N) is 1. The molecule has 3 N–H and O–H groups in total. The van der Waals surface area contributed by atoms with E-state index in [2.05, 4.69) is 10.1 Å². The molecule has 1 aromatic carbocycles. The topological polar surface area (TPSA) is 80.7 Å². The highest BCUT2D eigenvalue weighted by atomic mass is 32.2. The van der Waals surface area contributed by atoms with E-state index in [1.165, 1.54) is 11.1 Å². The first kappa shape index (κ1) is 13.2. The molecule has 0 aliphatic carbocycles. The predicted molar refractivity (Wildman–Crippen MR) is 75.0 cm³/mol. The Morgan fingerprint density at radius 3 is 2.53 bits per heavy atom. The third-order valence-corrected chi connectivity index (χ3v) is 3.17. The Balaban J connectivity index is 2.10. The third kappa shape index (κ3) is 3.38. The van der Waals surface area contributed by atoms with Gasteiger partial charge >= 0.3 is 0 Å². The van der Waals surface area contributed by atoms with E-state index in [0.717, 1.165) is 0 Å². The summed E-state index contributed by atoms with van der Waals surface area (Å²) in [5.41, 5.74) is 5.98. The van der Waals surface area contributed by atoms with Crippen molar-refractivity contribution >= 4 is 17.6 Å². The smallest absolute Gasteiger partial charge is 0.219 e. The van der Waals surface area contributed by atoms with Gasteiger partial charge in [0, 0.05) is 22.7 Å². The maximum Gasteiger partial charge on any atom is 0.219 e. The van der Waals surface area contributed by atoms with Crippen molar-refractivity contribution in [1.82, 2.24) is 4.98 Å². The minimum Gasteiger partial charge on any atom is -0.439 e. The largest absolute Gasteiger partial charge is 0.439 e. The van der Waals surface area contributed by atoms with E-state index in [9.17, 15) is 0 Å². The third-order valence-electron chi connectivity index (χ3n) is 2.42. The van der Waals surface area contributed by atoms with E-state index in [0.29, 0.717) is 17.2 Å². The average Bonchev–Trinajstić information content (AvgIpc) is 2.48. The number of nitrogens with zero attached hydrogens (tertiary/aromatic N) is 2. The molecule has 0 fully saturated rings. The van der Waals surface area contributed by atoms with Crippen molar-refractivity contribution in [2.24, 2.45) is 10.9 Å². The number of amidine groups is 1. The lowest BCUT2D eigenvalue weighted by Crippen LogP contribution is -2.13. The number of hydrogen-bond acceptors (Lipinski definition) is 5. The van der Waals surface area contributed by atoms with Gasteiger partial charge in [-0.1, -0.05) is 5.16 Å². The highest BCUT2D eigenvalue weighted by Gasteiger charge is 2.02. The van der Waals surface area contributed by atoms with Crippen molar-refractivity contribution in [3.05, 3.63) is 48.2 Å². The van der Waals surface area contributed by atoms with Crippen LogP contribution >= 0.6 is 11.8 Å². The molecule has 2 rings (SSSR count). The van der Waals surface area contributed by atoms with Gasteiger partial charge in [-0.3, -0.25) is 0 Å². The number of ether oxygens (including phenoxy) is 1. The summed E-state index contributed by atoms with van der Waals surface area (Å²) in [5.74, 6) is 1.18. The quantitative estimate of drug-likeness (QED) is 0.295. The Labute approximate surface area is 115 Å². The van der Waals surface area contributed by atoms with Crippen LogP contribution in [-0.2, 0) is 0 Å². The molecule has 5 nitrogen and oxygen atoms in total. The molecule has 98 valence electrons. The highest BCUT2D eigenvalue weighted by Crippen LogP contribution is 2.23. The number of aromatic nitrogens is 1. The van der Waals surface area contributed by atoms with Crippen LogP contribution in [0.2, 0.25) is 0 Å². The molecule has 0 bridgehead atoms. The minimum atomic E-state index is 0.0170. The summed E-state index contributed by atoms with van der Waals surface area (Å²) >= 11 is 1.67. The molecule has 1 aromatic heterocycles. The van der Waals surface area contributed by atoms with Crippen molar-refractivity contribution in [1.29, 1.82) is 0 Å². The molecule has 0 saturated carbocycles. The van der Waals surface area contributed by atoms with E-state index >= 15 is 0 Å². The molecule has 0 aliphatic heterocycles. The Kier molecular flexibility index (Phi) is 4.25. The van der Waals surface area contributed by atoms with Gasteiger partial charge in [-0.25, -0.2) is 4.98 Å². The number of rotatable bonds is 4. The summed E-state index contributed by atoms with van der Waals surface area (Å²) in [4.78, 5) is 5.26. The van der Waals surface area contributed by atoms with Gasteiger partial charge in [0.25, 0.3) is 0 Å². The molecule has 0 spiro atoms. The lowest BCUT2D eigenvalue weighted by Gasteiger charge is -2.05. The first-order valence-electron chi connectivity index (χ1n) is 5.49. The van der Waals surface area contributed by atoms with E-state index < -0.39 is 0 Å². The van der Waals surface area contributed by atoms with Crippen LogP contribution in [0.4, 0.5) is 0 Å². The summed E-state index contributed by atoms with van der Waals surface area (Å²) in [6, 6.07) is 11.1. The molecule has 2 aromatic rings. The Hall–Kier alpha value is -2.21.